The lowest BCUT2D eigenvalue weighted by atomic mass is 9.85. The largest absolute Gasteiger partial charge is 0.391 e. The van der Waals surface area contributed by atoms with Gasteiger partial charge in [-0.15, -0.1) is 0 Å². The Kier molecular flexibility index (Phi) is 5.17. The molecule has 5 heteroatoms. The molecule has 0 aromatic rings. The number of aliphatic hydroxyl groups excluding tert-OH is 1. The van der Waals surface area contributed by atoms with Gasteiger partial charge in [-0.2, -0.15) is 0 Å². The maximum Gasteiger partial charge on any atom is 0.170 e. The van der Waals surface area contributed by atoms with E-state index in [2.05, 4.69) is 11.8 Å². The van der Waals surface area contributed by atoms with Gasteiger partial charge in [0.15, 0.2) is 5.79 Å². The van der Waals surface area contributed by atoms with Crippen molar-refractivity contribution in [2.45, 2.75) is 69.5 Å². The Morgan fingerprint density at radius 1 is 1.29 bits per heavy atom. The molecular weight excluding hydrogens is 270 g/mol. The summed E-state index contributed by atoms with van der Waals surface area (Å²) < 4.78 is 17.6. The Bertz CT molecular complexity index is 332. The van der Waals surface area contributed by atoms with E-state index in [1.54, 1.807) is 0 Å². The van der Waals surface area contributed by atoms with Crippen LogP contribution in [-0.2, 0) is 14.2 Å². The lowest BCUT2D eigenvalue weighted by Crippen LogP contribution is -2.56. The van der Waals surface area contributed by atoms with Crippen molar-refractivity contribution < 1.29 is 19.3 Å². The van der Waals surface area contributed by atoms with Crippen LogP contribution >= 0.6 is 0 Å². The first-order valence-corrected chi connectivity index (χ1v) is 8.54. The summed E-state index contributed by atoms with van der Waals surface area (Å²) in [5.41, 5.74) is 0. The Balaban J connectivity index is 1.60. The summed E-state index contributed by atoms with van der Waals surface area (Å²) in [6.07, 6.45) is 5.75. The van der Waals surface area contributed by atoms with Gasteiger partial charge in [0.25, 0.3) is 0 Å². The van der Waals surface area contributed by atoms with Crippen LogP contribution in [-0.4, -0.2) is 67.0 Å². The summed E-state index contributed by atoms with van der Waals surface area (Å²) in [4.78, 5) is 2.40. The fourth-order valence-electron chi connectivity index (χ4n) is 3.94. The predicted octanol–water partition coefficient (Wildman–Crippen LogP) is 1.53. The van der Waals surface area contributed by atoms with Gasteiger partial charge in [-0.1, -0.05) is 6.92 Å². The molecule has 0 amide bonds. The molecule has 1 aliphatic carbocycles. The third kappa shape index (κ3) is 3.59. The van der Waals surface area contributed by atoms with Gasteiger partial charge in [-0.05, 0) is 32.2 Å². The minimum absolute atomic E-state index is 0.143. The van der Waals surface area contributed by atoms with Crippen molar-refractivity contribution in [1.82, 2.24) is 4.90 Å². The molecule has 21 heavy (non-hydrogen) atoms. The van der Waals surface area contributed by atoms with E-state index in [9.17, 15) is 5.11 Å². The number of rotatable bonds is 4. The van der Waals surface area contributed by atoms with Gasteiger partial charge in [0.1, 0.15) is 0 Å². The van der Waals surface area contributed by atoms with E-state index in [0.29, 0.717) is 19.3 Å². The highest BCUT2D eigenvalue weighted by molar-refractivity contribution is 4.94. The van der Waals surface area contributed by atoms with Crippen LogP contribution in [0.25, 0.3) is 0 Å². The first-order chi connectivity index (χ1) is 10.2. The Morgan fingerprint density at radius 3 is 2.86 bits per heavy atom. The molecule has 3 unspecified atom stereocenters. The predicted molar refractivity (Wildman–Crippen MR) is 79.1 cm³/mol. The molecule has 3 atom stereocenters. The summed E-state index contributed by atoms with van der Waals surface area (Å²) in [6, 6.07) is 0.143. The van der Waals surface area contributed by atoms with E-state index in [1.807, 2.05) is 0 Å². The third-order valence-corrected chi connectivity index (χ3v) is 5.04. The summed E-state index contributed by atoms with van der Waals surface area (Å²) in [5, 5.41) is 10.4. The molecule has 1 spiro atoms. The van der Waals surface area contributed by atoms with E-state index in [-0.39, 0.29) is 12.1 Å². The minimum atomic E-state index is -0.429. The normalized spacial score (nSPS) is 37.1. The van der Waals surface area contributed by atoms with Crippen molar-refractivity contribution in [3.05, 3.63) is 0 Å². The molecular formula is C16H29NO4. The van der Waals surface area contributed by atoms with E-state index in [1.165, 1.54) is 0 Å². The smallest absolute Gasteiger partial charge is 0.170 e. The van der Waals surface area contributed by atoms with Gasteiger partial charge >= 0.3 is 0 Å². The molecule has 2 aliphatic heterocycles. The SMILES string of the molecule is CCCOC1CCCN(C2CC3(CCC2O)OCCO3)C1. The van der Waals surface area contributed by atoms with Gasteiger partial charge in [-0.25, -0.2) is 0 Å². The maximum atomic E-state index is 10.4. The lowest BCUT2D eigenvalue weighted by Gasteiger charge is -2.46. The summed E-state index contributed by atoms with van der Waals surface area (Å²) >= 11 is 0. The number of piperidine rings is 1. The molecule has 122 valence electrons. The lowest BCUT2D eigenvalue weighted by molar-refractivity contribution is -0.208. The van der Waals surface area contributed by atoms with Crippen LogP contribution in [0.5, 0.6) is 0 Å². The van der Waals surface area contributed by atoms with Crippen LogP contribution in [0.1, 0.15) is 45.4 Å². The highest BCUT2D eigenvalue weighted by atomic mass is 16.7. The summed E-state index contributed by atoms with van der Waals surface area (Å²) in [7, 11) is 0. The molecule has 3 fully saturated rings. The van der Waals surface area contributed by atoms with Gasteiger partial charge in [0, 0.05) is 32.0 Å². The fourth-order valence-corrected chi connectivity index (χ4v) is 3.94. The average Bonchev–Trinajstić information content (AvgIpc) is 2.96. The molecule has 0 bridgehead atoms. The minimum Gasteiger partial charge on any atom is -0.391 e. The fraction of sp³-hybridized carbons (Fsp3) is 1.00. The quantitative estimate of drug-likeness (QED) is 0.853. The van der Waals surface area contributed by atoms with Crippen molar-refractivity contribution in [2.75, 3.05) is 32.9 Å². The van der Waals surface area contributed by atoms with Crippen LogP contribution in [0, 0.1) is 0 Å². The number of nitrogens with zero attached hydrogens (tertiary/aromatic N) is 1. The summed E-state index contributed by atoms with van der Waals surface area (Å²) in [5.74, 6) is -0.429. The number of hydrogen-bond donors (Lipinski definition) is 1. The third-order valence-electron chi connectivity index (χ3n) is 5.04. The molecule has 3 aliphatic rings. The molecule has 5 nitrogen and oxygen atoms in total. The maximum absolute atomic E-state index is 10.4. The highest BCUT2D eigenvalue weighted by Crippen LogP contribution is 2.38. The molecule has 2 saturated heterocycles. The molecule has 0 aromatic carbocycles. The van der Waals surface area contributed by atoms with Gasteiger partial charge in [-0.3, -0.25) is 4.90 Å². The van der Waals surface area contributed by atoms with Gasteiger partial charge in [0.05, 0.1) is 25.4 Å². The molecule has 0 aromatic heterocycles. The number of aliphatic hydroxyl groups is 1. The molecule has 2 heterocycles. The van der Waals surface area contributed by atoms with Crippen LogP contribution in [0.3, 0.4) is 0 Å². The van der Waals surface area contributed by atoms with E-state index < -0.39 is 5.79 Å². The average molecular weight is 299 g/mol. The van der Waals surface area contributed by atoms with Gasteiger partial charge in [0.2, 0.25) is 0 Å². The van der Waals surface area contributed by atoms with Crippen LogP contribution < -0.4 is 0 Å². The van der Waals surface area contributed by atoms with E-state index in [0.717, 1.165) is 58.2 Å². The van der Waals surface area contributed by atoms with E-state index >= 15 is 0 Å². The number of likely N-dealkylation sites (tertiary alicyclic amines) is 1. The Hall–Kier alpha value is -0.200. The number of ether oxygens (including phenoxy) is 3. The highest BCUT2D eigenvalue weighted by Gasteiger charge is 2.47. The van der Waals surface area contributed by atoms with Crippen LogP contribution in [0.15, 0.2) is 0 Å². The van der Waals surface area contributed by atoms with Crippen molar-refractivity contribution in [1.29, 1.82) is 0 Å². The van der Waals surface area contributed by atoms with Crippen molar-refractivity contribution in [2.24, 2.45) is 0 Å². The summed E-state index contributed by atoms with van der Waals surface area (Å²) in [6.45, 7) is 6.32. The van der Waals surface area contributed by atoms with Crippen molar-refractivity contribution in [3.8, 4) is 0 Å². The van der Waals surface area contributed by atoms with Crippen molar-refractivity contribution in [3.63, 3.8) is 0 Å². The van der Waals surface area contributed by atoms with Crippen LogP contribution in [0.4, 0.5) is 0 Å². The second kappa shape index (κ2) is 6.92. The second-order valence-electron chi connectivity index (χ2n) is 6.62. The first kappa shape index (κ1) is 15.7. The monoisotopic (exact) mass is 299 g/mol. The van der Waals surface area contributed by atoms with Crippen molar-refractivity contribution >= 4 is 0 Å². The first-order valence-electron chi connectivity index (χ1n) is 8.54. The molecule has 1 N–H and O–H groups in total. The zero-order valence-corrected chi connectivity index (χ0v) is 13.1. The zero-order chi connectivity index (χ0) is 14.7. The second-order valence-corrected chi connectivity index (χ2v) is 6.62. The molecule has 0 radical (unpaired) electrons. The molecule has 1 saturated carbocycles. The Labute approximate surface area is 127 Å². The van der Waals surface area contributed by atoms with Crippen LogP contribution in [0.2, 0.25) is 0 Å². The standard InChI is InChI=1S/C16H29NO4/c1-2-8-19-13-4-3-7-17(12-13)14-11-16(6-5-15(14)18)20-9-10-21-16/h13-15,18H,2-12H2,1H3. The topological polar surface area (TPSA) is 51.2 Å². The zero-order valence-electron chi connectivity index (χ0n) is 13.1. The number of hydrogen-bond acceptors (Lipinski definition) is 5. The van der Waals surface area contributed by atoms with E-state index in [4.69, 9.17) is 14.2 Å². The Morgan fingerprint density at radius 2 is 2.10 bits per heavy atom. The van der Waals surface area contributed by atoms with Gasteiger partial charge < -0.3 is 19.3 Å². The molecule has 3 rings (SSSR count).